The molecule has 35 heavy (non-hydrogen) atoms. The van der Waals surface area contributed by atoms with Gasteiger partial charge in [-0.05, 0) is 41.7 Å². The first-order valence-corrected chi connectivity index (χ1v) is 12.4. The fourth-order valence-electron chi connectivity index (χ4n) is 6.04. The summed E-state index contributed by atoms with van der Waals surface area (Å²) in [5.74, 6) is 0.606. The van der Waals surface area contributed by atoms with Crippen LogP contribution < -0.4 is 10.9 Å². The summed E-state index contributed by atoms with van der Waals surface area (Å²) in [4.78, 5) is 28.4. The summed E-state index contributed by atoms with van der Waals surface area (Å²) in [7, 11) is 2.11. The Morgan fingerprint density at radius 2 is 1.77 bits per heavy atom. The summed E-state index contributed by atoms with van der Waals surface area (Å²) >= 11 is 0. The van der Waals surface area contributed by atoms with E-state index in [1.165, 1.54) is 16.5 Å². The van der Waals surface area contributed by atoms with Crippen LogP contribution >= 0.6 is 0 Å². The highest BCUT2D eigenvalue weighted by Crippen LogP contribution is 2.36. The smallest absolute Gasteiger partial charge is 0.274 e. The molecule has 0 aliphatic carbocycles. The van der Waals surface area contributed by atoms with Crippen LogP contribution in [0, 0.1) is 5.92 Å². The summed E-state index contributed by atoms with van der Waals surface area (Å²) in [5, 5.41) is 4.17. The number of pyridine rings is 1. The number of aromatic nitrogens is 2. The zero-order valence-electron chi connectivity index (χ0n) is 20.0. The van der Waals surface area contributed by atoms with Gasteiger partial charge in [-0.25, -0.2) is 0 Å². The maximum absolute atomic E-state index is 13.3. The van der Waals surface area contributed by atoms with E-state index in [1.54, 1.807) is 6.07 Å². The third-order valence-electron chi connectivity index (χ3n) is 7.53. The van der Waals surface area contributed by atoms with Gasteiger partial charge in [0.1, 0.15) is 5.69 Å². The lowest BCUT2D eigenvalue weighted by molar-refractivity contribution is -0.115. The van der Waals surface area contributed by atoms with Crippen LogP contribution in [-0.4, -0.2) is 33.0 Å². The number of amides is 1. The maximum Gasteiger partial charge on any atom is 0.274 e. The predicted octanol–water partition coefficient (Wildman–Crippen LogP) is 4.14. The van der Waals surface area contributed by atoms with Gasteiger partial charge in [0.15, 0.2) is 0 Å². The molecule has 4 aromatic rings. The molecular weight excluding hydrogens is 436 g/mol. The summed E-state index contributed by atoms with van der Waals surface area (Å²) in [6.07, 6.45) is 3.62. The van der Waals surface area contributed by atoms with Crippen LogP contribution in [0.25, 0.3) is 10.9 Å². The van der Waals surface area contributed by atoms with Gasteiger partial charge < -0.3 is 14.5 Å². The van der Waals surface area contributed by atoms with Gasteiger partial charge in [-0.1, -0.05) is 48.5 Å². The molecule has 1 fully saturated rings. The number of nitrogens with zero attached hydrogens (tertiary/aromatic N) is 3. The molecule has 178 valence electrons. The van der Waals surface area contributed by atoms with Crippen molar-refractivity contribution in [1.82, 2.24) is 14.0 Å². The van der Waals surface area contributed by atoms with E-state index in [4.69, 9.17) is 0 Å². The van der Waals surface area contributed by atoms with Crippen LogP contribution in [0.2, 0.25) is 0 Å². The van der Waals surface area contributed by atoms with Crippen molar-refractivity contribution < 1.29 is 4.79 Å². The number of benzene rings is 2. The van der Waals surface area contributed by atoms with E-state index in [2.05, 4.69) is 52.3 Å². The molecule has 0 saturated carbocycles. The normalized spacial score (nSPS) is 19.5. The first-order chi connectivity index (χ1) is 17.0. The Hall–Kier alpha value is -3.64. The molecule has 1 saturated heterocycles. The molecule has 2 bridgehead atoms. The van der Waals surface area contributed by atoms with Gasteiger partial charge in [0.25, 0.3) is 5.56 Å². The Bertz CT molecular complexity index is 1450. The molecule has 2 atom stereocenters. The molecule has 1 amide bonds. The summed E-state index contributed by atoms with van der Waals surface area (Å²) < 4.78 is 4.12. The number of likely N-dealkylation sites (tertiary alicyclic amines) is 1. The number of hydrogen-bond donors (Lipinski definition) is 1. The van der Waals surface area contributed by atoms with Crippen LogP contribution in [0.4, 0.5) is 5.69 Å². The zero-order valence-corrected chi connectivity index (χ0v) is 20.0. The minimum Gasteiger partial charge on any atom is -0.350 e. The third-order valence-corrected chi connectivity index (χ3v) is 7.53. The second kappa shape index (κ2) is 8.86. The van der Waals surface area contributed by atoms with Crippen LogP contribution in [0.1, 0.15) is 29.2 Å². The van der Waals surface area contributed by atoms with E-state index < -0.39 is 0 Å². The predicted molar refractivity (Wildman–Crippen MR) is 139 cm³/mol. The number of rotatable bonds is 5. The lowest BCUT2D eigenvalue weighted by atomic mass is 9.83. The van der Waals surface area contributed by atoms with E-state index in [0.29, 0.717) is 24.1 Å². The van der Waals surface area contributed by atoms with Crippen LogP contribution in [0.5, 0.6) is 0 Å². The van der Waals surface area contributed by atoms with E-state index in [-0.39, 0.29) is 17.9 Å². The fraction of sp³-hybridized carbons (Fsp3) is 0.310. The number of hydrogen-bond acceptors (Lipinski definition) is 3. The van der Waals surface area contributed by atoms with Crippen molar-refractivity contribution in [1.29, 1.82) is 0 Å². The Kier molecular flexibility index (Phi) is 5.53. The molecule has 4 heterocycles. The van der Waals surface area contributed by atoms with Gasteiger partial charge in [-0.3, -0.25) is 14.5 Å². The molecule has 6 heteroatoms. The second-order valence-electron chi connectivity index (χ2n) is 10.1. The van der Waals surface area contributed by atoms with Gasteiger partial charge in [0, 0.05) is 61.9 Å². The number of nitrogens with one attached hydrogen (secondary N) is 1. The first kappa shape index (κ1) is 21.9. The van der Waals surface area contributed by atoms with Crippen LogP contribution in [-0.2, 0) is 31.4 Å². The molecule has 2 aromatic carbocycles. The molecule has 6 nitrogen and oxygen atoms in total. The monoisotopic (exact) mass is 466 g/mol. The summed E-state index contributed by atoms with van der Waals surface area (Å²) in [6, 6.07) is 22.0. The Labute approximate surface area is 204 Å². The maximum atomic E-state index is 13.3. The van der Waals surface area contributed by atoms with Crippen molar-refractivity contribution in [3.63, 3.8) is 0 Å². The number of aryl methyl sites for hydroxylation is 1. The second-order valence-corrected chi connectivity index (χ2v) is 10.1. The van der Waals surface area contributed by atoms with Crippen LogP contribution in [0.3, 0.4) is 0 Å². The van der Waals surface area contributed by atoms with E-state index in [0.717, 1.165) is 37.3 Å². The van der Waals surface area contributed by atoms with E-state index in [1.807, 2.05) is 41.0 Å². The quantitative estimate of drug-likeness (QED) is 0.481. The standard InChI is InChI=1S/C29H30N4O2/c1-31-17-23(24-9-5-6-10-27(24)31)19-32-15-21-13-22(18-32)26-12-11-25(29(35)33(26)16-21)30-28(34)14-20-7-3-2-4-8-20/h2-12,17,21-22H,13-16,18-19H2,1H3,(H,30,34)/t21-,22-/m1/s1. The fourth-order valence-corrected chi connectivity index (χ4v) is 6.04. The van der Waals surface area contributed by atoms with Crippen molar-refractivity contribution in [2.45, 2.75) is 31.8 Å². The highest BCUT2D eigenvalue weighted by molar-refractivity contribution is 5.92. The number of para-hydroxylation sites is 1. The average Bonchev–Trinajstić information content (AvgIpc) is 3.17. The number of carbonyl (C=O) groups is 1. The Balaban J connectivity index is 1.19. The molecular formula is C29H30N4O2. The van der Waals surface area contributed by atoms with Gasteiger partial charge in [0.05, 0.1) is 6.42 Å². The number of anilines is 1. The third kappa shape index (κ3) is 4.19. The lowest BCUT2D eigenvalue weighted by Gasteiger charge is -2.43. The average molecular weight is 467 g/mol. The molecule has 6 rings (SSSR count). The summed E-state index contributed by atoms with van der Waals surface area (Å²) in [5.41, 5.74) is 4.94. The summed E-state index contributed by atoms with van der Waals surface area (Å²) in [6.45, 7) is 3.56. The molecule has 2 aliphatic rings. The van der Waals surface area contributed by atoms with Crippen molar-refractivity contribution in [2.75, 3.05) is 18.4 Å². The Morgan fingerprint density at radius 3 is 2.63 bits per heavy atom. The largest absolute Gasteiger partial charge is 0.350 e. The molecule has 0 spiro atoms. The van der Waals surface area contributed by atoms with Crippen molar-refractivity contribution in [2.24, 2.45) is 13.0 Å². The first-order valence-electron chi connectivity index (χ1n) is 12.4. The Morgan fingerprint density at radius 1 is 0.971 bits per heavy atom. The molecule has 0 radical (unpaired) electrons. The minimum absolute atomic E-state index is 0.0823. The van der Waals surface area contributed by atoms with Crippen molar-refractivity contribution in [3.8, 4) is 0 Å². The highest BCUT2D eigenvalue weighted by Gasteiger charge is 2.35. The molecule has 2 aromatic heterocycles. The number of carbonyl (C=O) groups excluding carboxylic acids is 1. The lowest BCUT2D eigenvalue weighted by Crippen LogP contribution is -2.47. The topological polar surface area (TPSA) is 59.3 Å². The van der Waals surface area contributed by atoms with Crippen molar-refractivity contribution in [3.05, 3.63) is 100 Å². The van der Waals surface area contributed by atoms with E-state index in [9.17, 15) is 9.59 Å². The van der Waals surface area contributed by atoms with Gasteiger partial charge >= 0.3 is 0 Å². The number of piperidine rings is 1. The number of fused-ring (bicyclic) bond motifs is 5. The zero-order chi connectivity index (χ0) is 23.9. The highest BCUT2D eigenvalue weighted by atomic mass is 16.2. The SMILES string of the molecule is Cn1cc(CN2C[C@H]3C[C@H](C2)c2ccc(NC(=O)Cc4ccccc4)c(=O)n2C3)c2ccccc21. The van der Waals surface area contributed by atoms with Gasteiger partial charge in [-0.15, -0.1) is 0 Å². The minimum atomic E-state index is -0.161. The van der Waals surface area contributed by atoms with Crippen LogP contribution in [0.15, 0.2) is 77.7 Å². The van der Waals surface area contributed by atoms with Gasteiger partial charge in [-0.2, -0.15) is 0 Å². The molecule has 2 aliphatic heterocycles. The van der Waals surface area contributed by atoms with Crippen molar-refractivity contribution >= 4 is 22.5 Å². The molecule has 1 N–H and O–H groups in total. The molecule has 0 unspecified atom stereocenters. The van der Waals surface area contributed by atoms with Gasteiger partial charge in [0.2, 0.25) is 5.91 Å². The van der Waals surface area contributed by atoms with E-state index >= 15 is 0 Å².